The van der Waals surface area contributed by atoms with Gasteiger partial charge in [0, 0.05) is 31.2 Å². The molecule has 0 unspecified atom stereocenters. The molecule has 0 saturated carbocycles. The Hall–Kier alpha value is -3.91. The summed E-state index contributed by atoms with van der Waals surface area (Å²) in [6, 6.07) is 18.5. The third kappa shape index (κ3) is 5.97. The van der Waals surface area contributed by atoms with E-state index in [0.717, 1.165) is 57.6 Å². The third-order valence-corrected chi connectivity index (χ3v) is 7.43. The van der Waals surface area contributed by atoms with E-state index in [9.17, 15) is 4.79 Å². The molecule has 1 fully saturated rings. The van der Waals surface area contributed by atoms with Crippen LogP contribution >= 0.6 is 0 Å². The lowest BCUT2D eigenvalue weighted by atomic mass is 9.89. The summed E-state index contributed by atoms with van der Waals surface area (Å²) in [6.45, 7) is 9.54. The highest BCUT2D eigenvalue weighted by molar-refractivity contribution is 5.95. The fraction of sp³-hybridized carbons (Fsp3) is 0.406. The second kappa shape index (κ2) is 11.3. The Bertz CT molecular complexity index is 1460. The number of pyridine rings is 1. The number of aromatic nitrogens is 3. The van der Waals surface area contributed by atoms with Gasteiger partial charge in [0.15, 0.2) is 5.65 Å². The van der Waals surface area contributed by atoms with E-state index in [1.807, 2.05) is 55.6 Å². The first-order chi connectivity index (χ1) is 19.1. The fourth-order valence-corrected chi connectivity index (χ4v) is 5.30. The Labute approximate surface area is 236 Å². The number of hydrogen-bond donors (Lipinski definition) is 1. The number of nitrogens with zero attached hydrogens (tertiary/aromatic N) is 4. The van der Waals surface area contributed by atoms with Crippen LogP contribution in [0.15, 0.2) is 60.8 Å². The number of piperidine rings is 1. The summed E-state index contributed by atoms with van der Waals surface area (Å²) < 4.78 is 13.0. The number of carbonyl (C=O) groups excluding carboxylic acids is 1. The maximum absolute atomic E-state index is 12.7. The molecule has 0 bridgehead atoms. The number of methoxy groups -OCH3 is 1. The molecular weight excluding hydrogens is 502 g/mol. The summed E-state index contributed by atoms with van der Waals surface area (Å²) >= 11 is 0. The third-order valence-electron chi connectivity index (χ3n) is 7.43. The number of fused-ring (bicyclic) bond motifs is 1. The van der Waals surface area contributed by atoms with Crippen molar-refractivity contribution in [1.82, 2.24) is 19.7 Å². The molecule has 1 atom stereocenters. The molecule has 8 nitrogen and oxygen atoms in total. The van der Waals surface area contributed by atoms with Gasteiger partial charge in [0.1, 0.15) is 11.4 Å². The number of hydrogen-bond acceptors (Lipinski definition) is 6. The molecular formula is C32H39N5O3. The quantitative estimate of drug-likeness (QED) is 0.308. The van der Waals surface area contributed by atoms with Gasteiger partial charge in [0.2, 0.25) is 0 Å². The van der Waals surface area contributed by atoms with Crippen LogP contribution in [0.25, 0.3) is 22.2 Å². The summed E-state index contributed by atoms with van der Waals surface area (Å²) in [5, 5.41) is 6.25. The second-order valence-corrected chi connectivity index (χ2v) is 11.6. The van der Waals surface area contributed by atoms with Crippen LogP contribution in [-0.4, -0.2) is 51.6 Å². The number of benzene rings is 2. The van der Waals surface area contributed by atoms with Gasteiger partial charge in [-0.15, -0.1) is 0 Å². The van der Waals surface area contributed by atoms with Crippen LogP contribution in [0.3, 0.4) is 0 Å². The highest BCUT2D eigenvalue weighted by atomic mass is 16.6. The Morgan fingerprint density at radius 2 is 1.73 bits per heavy atom. The molecule has 1 amide bonds. The van der Waals surface area contributed by atoms with Gasteiger partial charge in [-0.1, -0.05) is 36.4 Å². The van der Waals surface area contributed by atoms with E-state index in [-0.39, 0.29) is 18.1 Å². The molecule has 0 spiro atoms. The van der Waals surface area contributed by atoms with Gasteiger partial charge in [0.25, 0.3) is 0 Å². The molecule has 0 radical (unpaired) electrons. The van der Waals surface area contributed by atoms with Gasteiger partial charge in [-0.2, -0.15) is 5.10 Å². The molecule has 2 aromatic carbocycles. The van der Waals surface area contributed by atoms with Gasteiger partial charge >= 0.3 is 6.09 Å². The number of rotatable bonds is 6. The molecule has 40 heavy (non-hydrogen) atoms. The zero-order valence-corrected chi connectivity index (χ0v) is 24.1. The molecule has 8 heteroatoms. The summed E-state index contributed by atoms with van der Waals surface area (Å²) in [6.07, 6.45) is 3.23. The maximum Gasteiger partial charge on any atom is 0.410 e. The van der Waals surface area contributed by atoms with Crippen molar-refractivity contribution in [2.45, 2.75) is 64.6 Å². The summed E-state index contributed by atoms with van der Waals surface area (Å²) in [7, 11) is 1.67. The first-order valence-corrected chi connectivity index (χ1v) is 13.9. The van der Waals surface area contributed by atoms with Gasteiger partial charge in [-0.3, -0.25) is 0 Å². The zero-order valence-electron chi connectivity index (χ0n) is 24.1. The van der Waals surface area contributed by atoms with E-state index in [4.69, 9.17) is 25.3 Å². The molecule has 1 saturated heterocycles. The monoisotopic (exact) mass is 541 g/mol. The molecule has 2 aromatic heterocycles. The van der Waals surface area contributed by atoms with Crippen LogP contribution in [-0.2, 0) is 11.3 Å². The topological polar surface area (TPSA) is 95.5 Å². The van der Waals surface area contributed by atoms with Gasteiger partial charge < -0.3 is 20.1 Å². The van der Waals surface area contributed by atoms with E-state index in [2.05, 4.69) is 42.5 Å². The van der Waals surface area contributed by atoms with Crippen LogP contribution in [0, 0.1) is 0 Å². The molecule has 0 aliphatic carbocycles. The molecule has 5 rings (SSSR count). The minimum Gasteiger partial charge on any atom is -0.497 e. The molecule has 4 aromatic rings. The summed E-state index contributed by atoms with van der Waals surface area (Å²) in [5.74, 6) is 1.02. The van der Waals surface area contributed by atoms with Gasteiger partial charge in [0.05, 0.1) is 24.7 Å². The van der Waals surface area contributed by atoms with Crippen LogP contribution in [0.2, 0.25) is 0 Å². The number of carbonyl (C=O) groups is 1. The number of likely N-dealkylation sites (tertiary alicyclic amines) is 1. The SMILES string of the molecule is COc1ccc(Cn2nc(C3CCN(C(=O)OC(C)(C)C)CC3)c3c(-c4ccc([C@@H](C)N)cc4)ccnc32)cc1. The zero-order chi connectivity index (χ0) is 28.4. The van der Waals surface area contributed by atoms with Crippen LogP contribution < -0.4 is 10.5 Å². The maximum atomic E-state index is 12.7. The van der Waals surface area contributed by atoms with Crippen molar-refractivity contribution in [1.29, 1.82) is 0 Å². The smallest absolute Gasteiger partial charge is 0.410 e. The first-order valence-electron chi connectivity index (χ1n) is 13.9. The average molecular weight is 542 g/mol. The molecule has 2 N–H and O–H groups in total. The Morgan fingerprint density at radius 3 is 2.33 bits per heavy atom. The van der Waals surface area contributed by atoms with E-state index >= 15 is 0 Å². The molecule has 1 aliphatic heterocycles. The van der Waals surface area contributed by atoms with Crippen molar-refractivity contribution in [2.75, 3.05) is 20.2 Å². The van der Waals surface area contributed by atoms with Crippen LogP contribution in [0.4, 0.5) is 4.79 Å². The lowest BCUT2D eigenvalue weighted by Gasteiger charge is -2.33. The predicted molar refractivity (Wildman–Crippen MR) is 157 cm³/mol. The predicted octanol–water partition coefficient (Wildman–Crippen LogP) is 6.29. The summed E-state index contributed by atoms with van der Waals surface area (Å²) in [5.41, 5.74) is 11.9. The van der Waals surface area contributed by atoms with E-state index in [1.165, 1.54) is 0 Å². The molecule has 3 heterocycles. The van der Waals surface area contributed by atoms with Gasteiger partial charge in [-0.05, 0) is 81.0 Å². The highest BCUT2D eigenvalue weighted by Crippen LogP contribution is 2.38. The van der Waals surface area contributed by atoms with Crippen molar-refractivity contribution in [3.05, 3.63) is 77.6 Å². The standard InChI is InChI=1S/C32H39N5O3/c1-21(33)23-8-10-24(11-9-23)27-14-17-34-30-28(27)29(35-37(30)20-22-6-12-26(39-5)13-7-22)25-15-18-36(19-16-25)31(38)40-32(2,3)4/h6-14,17,21,25H,15-16,18-20,33H2,1-5H3/t21-/m1/s1. The van der Waals surface area contributed by atoms with Crippen molar-refractivity contribution in [3.63, 3.8) is 0 Å². The second-order valence-electron chi connectivity index (χ2n) is 11.6. The van der Waals surface area contributed by atoms with Crippen LogP contribution in [0.1, 0.15) is 69.3 Å². The Balaban J connectivity index is 1.51. The number of ether oxygens (including phenoxy) is 2. The lowest BCUT2D eigenvalue weighted by Crippen LogP contribution is -2.41. The van der Waals surface area contributed by atoms with E-state index in [0.29, 0.717) is 19.6 Å². The van der Waals surface area contributed by atoms with Crippen molar-refractivity contribution in [2.24, 2.45) is 5.73 Å². The van der Waals surface area contributed by atoms with Crippen molar-refractivity contribution in [3.8, 4) is 16.9 Å². The number of amides is 1. The van der Waals surface area contributed by atoms with E-state index < -0.39 is 5.60 Å². The van der Waals surface area contributed by atoms with Gasteiger partial charge in [-0.25, -0.2) is 14.5 Å². The minimum atomic E-state index is -0.512. The molecule has 210 valence electrons. The Kier molecular flexibility index (Phi) is 7.81. The largest absolute Gasteiger partial charge is 0.497 e. The highest BCUT2D eigenvalue weighted by Gasteiger charge is 2.31. The lowest BCUT2D eigenvalue weighted by molar-refractivity contribution is 0.0204. The van der Waals surface area contributed by atoms with Crippen molar-refractivity contribution < 1.29 is 14.3 Å². The number of nitrogens with two attached hydrogens (primary N) is 1. The fourth-order valence-electron chi connectivity index (χ4n) is 5.30. The first kappa shape index (κ1) is 27.6. The normalized spacial score (nSPS) is 15.3. The molecule has 1 aliphatic rings. The average Bonchev–Trinajstić information content (AvgIpc) is 3.31. The van der Waals surface area contributed by atoms with Crippen LogP contribution in [0.5, 0.6) is 5.75 Å². The summed E-state index contributed by atoms with van der Waals surface area (Å²) in [4.78, 5) is 19.3. The Morgan fingerprint density at radius 1 is 1.05 bits per heavy atom. The minimum absolute atomic E-state index is 0.0236. The van der Waals surface area contributed by atoms with Crippen molar-refractivity contribution >= 4 is 17.1 Å². The van der Waals surface area contributed by atoms with E-state index in [1.54, 1.807) is 7.11 Å².